The molecule has 0 aromatic carbocycles. The molecule has 132 valence electrons. The first-order valence-corrected chi connectivity index (χ1v) is 8.99. The van der Waals surface area contributed by atoms with E-state index in [0.717, 1.165) is 25.7 Å². The van der Waals surface area contributed by atoms with Crippen molar-refractivity contribution in [2.75, 3.05) is 13.1 Å². The van der Waals surface area contributed by atoms with E-state index in [-0.39, 0.29) is 37.2 Å². The molecule has 1 saturated heterocycles. The third-order valence-electron chi connectivity index (χ3n) is 4.94. The average Bonchev–Trinajstić information content (AvgIpc) is 2.50. The van der Waals surface area contributed by atoms with Crippen molar-refractivity contribution in [3.05, 3.63) is 0 Å². The highest BCUT2D eigenvalue weighted by Crippen LogP contribution is 2.17. The second-order valence-electron chi connectivity index (χ2n) is 6.87. The topological polar surface area (TPSA) is 89.9 Å². The van der Waals surface area contributed by atoms with E-state index < -0.39 is 12.2 Å². The van der Waals surface area contributed by atoms with Crippen molar-refractivity contribution in [2.45, 2.75) is 82.5 Å². The molecule has 3 N–H and O–H groups in total. The Balaban J connectivity index is 1.68. The van der Waals surface area contributed by atoms with Gasteiger partial charge >= 0.3 is 0 Å². The Bertz CT molecular complexity index is 394. The molecule has 2 amide bonds. The van der Waals surface area contributed by atoms with Crippen LogP contribution in [0.5, 0.6) is 0 Å². The molecule has 23 heavy (non-hydrogen) atoms. The molecular weight excluding hydrogens is 296 g/mol. The van der Waals surface area contributed by atoms with Crippen LogP contribution in [0.1, 0.15) is 64.2 Å². The smallest absolute Gasteiger partial charge is 0.223 e. The number of nitrogens with zero attached hydrogens (tertiary/aromatic N) is 1. The molecule has 1 aliphatic carbocycles. The molecule has 0 unspecified atom stereocenters. The summed E-state index contributed by atoms with van der Waals surface area (Å²) in [6.45, 7) is 0.603. The predicted molar refractivity (Wildman–Crippen MR) is 86.7 cm³/mol. The molecule has 0 aromatic heterocycles. The van der Waals surface area contributed by atoms with Crippen LogP contribution in [0.25, 0.3) is 0 Å². The van der Waals surface area contributed by atoms with Gasteiger partial charge in [-0.2, -0.15) is 0 Å². The minimum Gasteiger partial charge on any atom is -0.390 e. The summed E-state index contributed by atoms with van der Waals surface area (Å²) in [5.74, 6) is -0.176. The number of likely N-dealkylation sites (tertiary alicyclic amines) is 1. The quantitative estimate of drug-likeness (QED) is 0.717. The largest absolute Gasteiger partial charge is 0.390 e. The van der Waals surface area contributed by atoms with Crippen LogP contribution in [0.15, 0.2) is 0 Å². The first-order valence-electron chi connectivity index (χ1n) is 8.99. The number of hydrogen-bond acceptors (Lipinski definition) is 4. The van der Waals surface area contributed by atoms with Gasteiger partial charge in [0.1, 0.15) is 0 Å². The molecule has 2 aliphatic rings. The molecule has 2 fully saturated rings. The van der Waals surface area contributed by atoms with Gasteiger partial charge in [-0.25, -0.2) is 0 Å². The molecule has 2 rings (SSSR count). The van der Waals surface area contributed by atoms with Gasteiger partial charge in [-0.1, -0.05) is 32.1 Å². The lowest BCUT2D eigenvalue weighted by atomic mass is 9.96. The van der Waals surface area contributed by atoms with Crippen molar-refractivity contribution in [2.24, 2.45) is 0 Å². The van der Waals surface area contributed by atoms with Gasteiger partial charge in [-0.3, -0.25) is 9.59 Å². The molecule has 0 spiro atoms. The van der Waals surface area contributed by atoms with Gasteiger partial charge < -0.3 is 20.4 Å². The maximum Gasteiger partial charge on any atom is 0.223 e. The Morgan fingerprint density at radius 1 is 0.913 bits per heavy atom. The van der Waals surface area contributed by atoms with Crippen LogP contribution < -0.4 is 5.32 Å². The number of aliphatic hydroxyl groups is 2. The van der Waals surface area contributed by atoms with E-state index in [1.807, 2.05) is 0 Å². The lowest BCUT2D eigenvalue weighted by Crippen LogP contribution is -2.49. The predicted octanol–water partition coefficient (Wildman–Crippen LogP) is 0.950. The minimum absolute atomic E-state index is 0.0542. The maximum absolute atomic E-state index is 12.1. The zero-order chi connectivity index (χ0) is 16.7. The molecule has 1 heterocycles. The van der Waals surface area contributed by atoms with E-state index in [2.05, 4.69) is 5.32 Å². The fourth-order valence-electron chi connectivity index (χ4n) is 3.42. The number of carbonyl (C=O) groups is 2. The number of piperidine rings is 1. The highest BCUT2D eigenvalue weighted by molar-refractivity contribution is 5.84. The summed E-state index contributed by atoms with van der Waals surface area (Å²) in [4.78, 5) is 25.7. The van der Waals surface area contributed by atoms with E-state index in [1.54, 1.807) is 4.90 Å². The molecule has 2 atom stereocenters. The van der Waals surface area contributed by atoms with Crippen molar-refractivity contribution < 1.29 is 19.8 Å². The third kappa shape index (κ3) is 6.11. The molecule has 0 radical (unpaired) electrons. The molecule has 1 saturated carbocycles. The van der Waals surface area contributed by atoms with Gasteiger partial charge in [-0.05, 0) is 19.3 Å². The number of hydrogen-bond donors (Lipinski definition) is 3. The van der Waals surface area contributed by atoms with E-state index >= 15 is 0 Å². The normalized spacial score (nSPS) is 27.1. The van der Waals surface area contributed by atoms with E-state index in [9.17, 15) is 19.8 Å². The number of amides is 2. The van der Waals surface area contributed by atoms with Crippen LogP contribution in [-0.4, -0.2) is 58.3 Å². The number of aliphatic hydroxyl groups excluding tert-OH is 2. The minimum atomic E-state index is -0.878. The monoisotopic (exact) mass is 326 g/mol. The number of nitrogens with one attached hydrogen (secondary N) is 1. The van der Waals surface area contributed by atoms with Crippen molar-refractivity contribution in [3.63, 3.8) is 0 Å². The summed E-state index contributed by atoms with van der Waals surface area (Å²) < 4.78 is 0. The van der Waals surface area contributed by atoms with Gasteiger partial charge in [0, 0.05) is 32.0 Å². The first-order chi connectivity index (χ1) is 11.1. The molecular formula is C17H30N2O4. The van der Waals surface area contributed by atoms with E-state index in [4.69, 9.17) is 0 Å². The Labute approximate surface area is 138 Å². The summed E-state index contributed by atoms with van der Waals surface area (Å²) in [6, 6.07) is 0.254. The van der Waals surface area contributed by atoms with Gasteiger partial charge in [0.05, 0.1) is 12.2 Å². The van der Waals surface area contributed by atoms with Crippen molar-refractivity contribution in [1.82, 2.24) is 10.2 Å². The van der Waals surface area contributed by atoms with Crippen LogP contribution in [0, 0.1) is 0 Å². The summed E-state index contributed by atoms with van der Waals surface area (Å²) in [7, 11) is 0. The lowest BCUT2D eigenvalue weighted by molar-refractivity contribution is -0.139. The summed E-state index contributed by atoms with van der Waals surface area (Å²) in [6.07, 6.45) is 7.32. The van der Waals surface area contributed by atoms with Gasteiger partial charge in [0.2, 0.25) is 11.8 Å². The lowest BCUT2D eigenvalue weighted by Gasteiger charge is -2.33. The SMILES string of the molecule is O=C(CCC(=O)N1CC[C@@H](O)[C@H](O)C1)NC1CCCCCCC1. The molecule has 6 nitrogen and oxygen atoms in total. The van der Waals surface area contributed by atoms with Crippen LogP contribution in [0.3, 0.4) is 0 Å². The summed E-state index contributed by atoms with van der Waals surface area (Å²) >= 11 is 0. The van der Waals surface area contributed by atoms with Crippen molar-refractivity contribution >= 4 is 11.8 Å². The summed E-state index contributed by atoms with van der Waals surface area (Å²) in [5, 5.41) is 22.1. The van der Waals surface area contributed by atoms with Gasteiger partial charge in [0.15, 0.2) is 0 Å². The number of carbonyl (C=O) groups excluding carboxylic acids is 2. The highest BCUT2D eigenvalue weighted by Gasteiger charge is 2.28. The van der Waals surface area contributed by atoms with Crippen molar-refractivity contribution in [3.8, 4) is 0 Å². The van der Waals surface area contributed by atoms with Crippen LogP contribution >= 0.6 is 0 Å². The standard InChI is InChI=1S/C17H30N2O4/c20-14-10-11-19(12-15(14)21)17(23)9-8-16(22)18-13-6-4-2-1-3-5-7-13/h13-15,20-21H,1-12H2,(H,18,22)/t14-,15-/m1/s1. The van der Waals surface area contributed by atoms with E-state index in [1.165, 1.54) is 19.3 Å². The summed E-state index contributed by atoms with van der Waals surface area (Å²) in [5.41, 5.74) is 0. The molecule has 0 bridgehead atoms. The Hall–Kier alpha value is -1.14. The van der Waals surface area contributed by atoms with Gasteiger partial charge in [-0.15, -0.1) is 0 Å². The van der Waals surface area contributed by atoms with Gasteiger partial charge in [0.25, 0.3) is 0 Å². The highest BCUT2D eigenvalue weighted by atomic mass is 16.3. The Morgan fingerprint density at radius 2 is 1.57 bits per heavy atom. The fourth-order valence-corrected chi connectivity index (χ4v) is 3.42. The average molecular weight is 326 g/mol. The van der Waals surface area contributed by atoms with Crippen LogP contribution in [0.4, 0.5) is 0 Å². The van der Waals surface area contributed by atoms with Crippen LogP contribution in [-0.2, 0) is 9.59 Å². The Morgan fingerprint density at radius 3 is 2.22 bits per heavy atom. The van der Waals surface area contributed by atoms with E-state index in [0.29, 0.717) is 13.0 Å². The zero-order valence-electron chi connectivity index (χ0n) is 13.9. The Kier molecular flexibility index (Phi) is 7.30. The first kappa shape index (κ1) is 18.2. The second kappa shape index (κ2) is 9.23. The third-order valence-corrected chi connectivity index (χ3v) is 4.94. The molecule has 6 heteroatoms. The molecule has 0 aromatic rings. The fraction of sp³-hybridized carbons (Fsp3) is 0.882. The second-order valence-corrected chi connectivity index (χ2v) is 6.87. The molecule has 1 aliphatic heterocycles. The maximum atomic E-state index is 12.1. The van der Waals surface area contributed by atoms with Crippen molar-refractivity contribution in [1.29, 1.82) is 0 Å². The number of rotatable bonds is 4. The zero-order valence-corrected chi connectivity index (χ0v) is 13.9. The number of β-amino-alcohol motifs (C(OH)–C–C–N with tert-alkyl or cyclic N) is 1. The van der Waals surface area contributed by atoms with Crippen LogP contribution in [0.2, 0.25) is 0 Å².